The van der Waals surface area contributed by atoms with Gasteiger partial charge >= 0.3 is 0 Å². The predicted octanol–water partition coefficient (Wildman–Crippen LogP) is 3.73. The number of H-pyrrole nitrogens is 1. The quantitative estimate of drug-likeness (QED) is 0.784. The second-order valence-corrected chi connectivity index (χ2v) is 6.71. The highest BCUT2D eigenvalue weighted by molar-refractivity contribution is 5.51. The molecule has 1 aliphatic rings. The lowest BCUT2D eigenvalue weighted by molar-refractivity contribution is 0.0673. The molecule has 3 heterocycles. The van der Waals surface area contributed by atoms with Gasteiger partial charge in [0.25, 0.3) is 0 Å². The Morgan fingerprint density at radius 3 is 2.91 bits per heavy atom. The average molecular weight is 308 g/mol. The second-order valence-electron chi connectivity index (χ2n) is 6.71. The molecule has 0 radical (unpaired) electrons. The van der Waals surface area contributed by atoms with E-state index in [-0.39, 0.29) is 11.6 Å². The minimum atomic E-state index is -0.220. The van der Waals surface area contributed by atoms with Crippen molar-refractivity contribution in [1.29, 1.82) is 0 Å². The third kappa shape index (κ3) is 2.42. The fourth-order valence-corrected chi connectivity index (χ4v) is 3.31. The maximum Gasteiger partial charge on any atom is 0.161 e. The molecule has 1 aliphatic heterocycles. The van der Waals surface area contributed by atoms with Crippen molar-refractivity contribution in [3.05, 3.63) is 54.0 Å². The molecule has 0 amide bonds. The molecule has 23 heavy (non-hydrogen) atoms. The summed E-state index contributed by atoms with van der Waals surface area (Å²) < 4.78 is 8.35. The summed E-state index contributed by atoms with van der Waals surface area (Å²) in [6.07, 6.45) is 4.75. The molecule has 4 rings (SSSR count). The molecule has 3 aromatic rings. The number of nitrogens with one attached hydrogen (secondary N) is 1. The Labute approximate surface area is 135 Å². The van der Waals surface area contributed by atoms with Gasteiger partial charge in [0.15, 0.2) is 5.82 Å². The molecule has 5 heteroatoms. The third-order valence-corrected chi connectivity index (χ3v) is 4.29. The molecule has 0 saturated carbocycles. The van der Waals surface area contributed by atoms with Crippen LogP contribution in [-0.2, 0) is 0 Å². The number of aryl methyl sites for hydroxylation is 1. The topological polar surface area (TPSA) is 55.7 Å². The molecule has 0 aliphatic carbocycles. The largest absolute Gasteiger partial charge is 0.487 e. The SMILES string of the molecule is Cc1cc(-c2nccn2C2CC(C)(C)Oc3ccccc32)n[nH]1. The van der Waals surface area contributed by atoms with E-state index < -0.39 is 0 Å². The molecule has 5 nitrogen and oxygen atoms in total. The van der Waals surface area contributed by atoms with Gasteiger partial charge in [-0.3, -0.25) is 5.10 Å². The molecule has 1 atom stereocenters. The van der Waals surface area contributed by atoms with E-state index in [0.29, 0.717) is 0 Å². The standard InChI is InChI=1S/C18H20N4O/c1-12-10-14(21-20-12)17-19-8-9-22(17)15-11-18(2,3)23-16-7-5-4-6-13(15)16/h4-10,15H,11H2,1-3H3,(H,20,21). The number of hydrogen-bond donors (Lipinski definition) is 1. The van der Waals surface area contributed by atoms with Crippen molar-refractivity contribution in [2.24, 2.45) is 0 Å². The van der Waals surface area contributed by atoms with E-state index in [0.717, 1.165) is 29.4 Å². The minimum absolute atomic E-state index is 0.185. The maximum atomic E-state index is 6.14. The molecule has 0 fully saturated rings. The number of benzene rings is 1. The number of aromatic nitrogens is 4. The average Bonchev–Trinajstić information content (AvgIpc) is 3.13. The summed E-state index contributed by atoms with van der Waals surface area (Å²) in [6.45, 7) is 6.26. The van der Waals surface area contributed by atoms with Crippen LogP contribution in [0.15, 0.2) is 42.7 Å². The summed E-state index contributed by atoms with van der Waals surface area (Å²) in [4.78, 5) is 4.54. The number of imidazole rings is 1. The Hall–Kier alpha value is -2.56. The van der Waals surface area contributed by atoms with Crippen LogP contribution in [-0.4, -0.2) is 25.3 Å². The smallest absolute Gasteiger partial charge is 0.161 e. The highest BCUT2D eigenvalue weighted by atomic mass is 16.5. The minimum Gasteiger partial charge on any atom is -0.487 e. The van der Waals surface area contributed by atoms with Crippen LogP contribution in [0.2, 0.25) is 0 Å². The first-order valence-corrected chi connectivity index (χ1v) is 7.87. The van der Waals surface area contributed by atoms with E-state index in [9.17, 15) is 0 Å². The molecule has 0 saturated heterocycles. The van der Waals surface area contributed by atoms with Gasteiger partial charge in [-0.25, -0.2) is 4.98 Å². The number of rotatable bonds is 2. The van der Waals surface area contributed by atoms with Crippen molar-refractivity contribution in [2.75, 3.05) is 0 Å². The molecule has 118 valence electrons. The molecule has 0 bridgehead atoms. The van der Waals surface area contributed by atoms with Gasteiger partial charge in [-0.05, 0) is 32.9 Å². The summed E-state index contributed by atoms with van der Waals surface area (Å²) in [7, 11) is 0. The van der Waals surface area contributed by atoms with Crippen LogP contribution >= 0.6 is 0 Å². The molecular weight excluding hydrogens is 288 g/mol. The van der Waals surface area contributed by atoms with Crippen molar-refractivity contribution in [3.8, 4) is 17.3 Å². The van der Waals surface area contributed by atoms with Crippen molar-refractivity contribution in [2.45, 2.75) is 38.8 Å². The normalized spacial score (nSPS) is 19.2. The Morgan fingerprint density at radius 2 is 2.13 bits per heavy atom. The fourth-order valence-electron chi connectivity index (χ4n) is 3.31. The van der Waals surface area contributed by atoms with Crippen molar-refractivity contribution in [3.63, 3.8) is 0 Å². The predicted molar refractivity (Wildman–Crippen MR) is 88.5 cm³/mol. The van der Waals surface area contributed by atoms with Crippen LogP contribution in [0.3, 0.4) is 0 Å². The molecular formula is C18H20N4O. The van der Waals surface area contributed by atoms with Crippen LogP contribution in [0.5, 0.6) is 5.75 Å². The van der Waals surface area contributed by atoms with Gasteiger partial charge < -0.3 is 9.30 Å². The van der Waals surface area contributed by atoms with E-state index in [1.807, 2.05) is 37.5 Å². The molecule has 1 N–H and O–H groups in total. The second kappa shape index (κ2) is 4.98. The van der Waals surface area contributed by atoms with Crippen molar-refractivity contribution in [1.82, 2.24) is 19.7 Å². The third-order valence-electron chi connectivity index (χ3n) is 4.29. The molecule has 1 unspecified atom stereocenters. The zero-order valence-electron chi connectivity index (χ0n) is 13.6. The first kappa shape index (κ1) is 14.1. The van der Waals surface area contributed by atoms with E-state index in [2.05, 4.69) is 45.7 Å². The summed E-state index contributed by atoms with van der Waals surface area (Å²) in [6, 6.07) is 10.5. The monoisotopic (exact) mass is 308 g/mol. The first-order chi connectivity index (χ1) is 11.0. The zero-order chi connectivity index (χ0) is 16.0. The number of nitrogens with zero attached hydrogens (tertiary/aromatic N) is 3. The zero-order valence-corrected chi connectivity index (χ0v) is 13.6. The van der Waals surface area contributed by atoms with E-state index in [1.165, 1.54) is 5.56 Å². The number of aromatic amines is 1. The van der Waals surface area contributed by atoms with Crippen LogP contribution in [0, 0.1) is 6.92 Å². The van der Waals surface area contributed by atoms with Gasteiger partial charge in [0, 0.05) is 30.1 Å². The van der Waals surface area contributed by atoms with Crippen molar-refractivity contribution < 1.29 is 4.74 Å². The van der Waals surface area contributed by atoms with E-state index in [1.54, 1.807) is 0 Å². The Balaban J connectivity index is 1.84. The van der Waals surface area contributed by atoms with Crippen LogP contribution in [0.25, 0.3) is 11.5 Å². The Kier molecular flexibility index (Phi) is 3.04. The lowest BCUT2D eigenvalue weighted by Crippen LogP contribution is -2.37. The lowest BCUT2D eigenvalue weighted by Gasteiger charge is -2.38. The van der Waals surface area contributed by atoms with Crippen LogP contribution < -0.4 is 4.74 Å². The summed E-state index contributed by atoms with van der Waals surface area (Å²) >= 11 is 0. The summed E-state index contributed by atoms with van der Waals surface area (Å²) in [5.74, 6) is 1.83. The number of para-hydroxylation sites is 1. The van der Waals surface area contributed by atoms with Gasteiger partial charge in [-0.1, -0.05) is 18.2 Å². The number of hydrogen-bond acceptors (Lipinski definition) is 3. The summed E-state index contributed by atoms with van der Waals surface area (Å²) in [5.41, 5.74) is 2.87. The molecule has 2 aromatic heterocycles. The van der Waals surface area contributed by atoms with Gasteiger partial charge in [0.2, 0.25) is 0 Å². The fraction of sp³-hybridized carbons (Fsp3) is 0.333. The first-order valence-electron chi connectivity index (χ1n) is 7.87. The van der Waals surface area contributed by atoms with Gasteiger partial charge in [-0.15, -0.1) is 0 Å². The highest BCUT2D eigenvalue weighted by Crippen LogP contribution is 2.42. The Bertz CT molecular complexity index is 846. The lowest BCUT2D eigenvalue weighted by atomic mass is 9.89. The van der Waals surface area contributed by atoms with Gasteiger partial charge in [0.1, 0.15) is 17.0 Å². The summed E-state index contributed by atoms with van der Waals surface area (Å²) in [5, 5.41) is 7.36. The van der Waals surface area contributed by atoms with Crippen molar-refractivity contribution >= 4 is 0 Å². The van der Waals surface area contributed by atoms with Crippen LogP contribution in [0.4, 0.5) is 0 Å². The van der Waals surface area contributed by atoms with E-state index in [4.69, 9.17) is 4.74 Å². The van der Waals surface area contributed by atoms with Crippen LogP contribution in [0.1, 0.15) is 37.6 Å². The maximum absolute atomic E-state index is 6.14. The number of fused-ring (bicyclic) bond motifs is 1. The number of ether oxygens (including phenoxy) is 1. The molecule has 1 aromatic carbocycles. The van der Waals surface area contributed by atoms with E-state index >= 15 is 0 Å². The van der Waals surface area contributed by atoms with Gasteiger partial charge in [-0.2, -0.15) is 5.10 Å². The Morgan fingerprint density at radius 1 is 1.30 bits per heavy atom. The van der Waals surface area contributed by atoms with Gasteiger partial charge in [0.05, 0.1) is 6.04 Å². The molecule has 0 spiro atoms. The highest BCUT2D eigenvalue weighted by Gasteiger charge is 2.35.